The Balaban J connectivity index is 1.45. The maximum Gasteiger partial charge on any atom is 0.349 e. The second kappa shape index (κ2) is 8.50. The maximum absolute atomic E-state index is 12.6. The summed E-state index contributed by atoms with van der Waals surface area (Å²) in [4.78, 5) is 30.5. The smallest absolute Gasteiger partial charge is 0.349 e. The minimum atomic E-state index is -0.327. The second-order valence-electron chi connectivity index (χ2n) is 9.02. The Morgan fingerprint density at radius 2 is 1.91 bits per heavy atom. The van der Waals surface area contributed by atoms with Crippen molar-refractivity contribution in [3.8, 4) is 6.07 Å². The van der Waals surface area contributed by atoms with Crippen molar-refractivity contribution >= 4 is 27.9 Å². The molecule has 1 saturated heterocycles. The lowest BCUT2D eigenvalue weighted by atomic mass is 10.00. The number of piperazine rings is 1. The van der Waals surface area contributed by atoms with Crippen LogP contribution in [0.25, 0.3) is 22.1 Å². The second-order valence-corrected chi connectivity index (χ2v) is 9.02. The molecule has 1 aliphatic heterocycles. The molecule has 0 radical (unpaired) electrons. The van der Waals surface area contributed by atoms with Gasteiger partial charge < -0.3 is 4.90 Å². The van der Waals surface area contributed by atoms with Gasteiger partial charge in [0.15, 0.2) is 11.3 Å². The summed E-state index contributed by atoms with van der Waals surface area (Å²) < 4.78 is 3.04. The van der Waals surface area contributed by atoms with E-state index >= 15 is 0 Å². The SMILES string of the molecule is C[C@@H]1CN(c2nc(=O)n(C)c3cn(CC#N)nc23)[C@@H](C)CN1[C@@H](C)c1ccc2nccnc2c1. The van der Waals surface area contributed by atoms with Crippen LogP contribution in [0.2, 0.25) is 0 Å². The Morgan fingerprint density at radius 1 is 1.15 bits per heavy atom. The summed E-state index contributed by atoms with van der Waals surface area (Å²) >= 11 is 0. The molecule has 0 aliphatic carbocycles. The molecule has 4 heterocycles. The van der Waals surface area contributed by atoms with Crippen molar-refractivity contribution in [3.05, 3.63) is 52.8 Å². The van der Waals surface area contributed by atoms with Gasteiger partial charge in [0, 0.05) is 50.7 Å². The lowest BCUT2D eigenvalue weighted by Crippen LogP contribution is -2.57. The van der Waals surface area contributed by atoms with Gasteiger partial charge in [0.1, 0.15) is 6.54 Å². The van der Waals surface area contributed by atoms with Crippen molar-refractivity contribution in [2.45, 2.75) is 45.4 Å². The van der Waals surface area contributed by atoms with E-state index in [0.717, 1.165) is 17.6 Å². The third kappa shape index (κ3) is 3.68. The van der Waals surface area contributed by atoms with E-state index in [1.165, 1.54) is 10.1 Å². The predicted molar refractivity (Wildman–Crippen MR) is 129 cm³/mol. The van der Waals surface area contributed by atoms with Gasteiger partial charge in [-0.25, -0.2) is 4.79 Å². The number of nitrogens with zero attached hydrogens (tertiary/aromatic N) is 9. The molecule has 1 aliphatic rings. The Bertz CT molecular complexity index is 1470. The molecule has 0 bridgehead atoms. The largest absolute Gasteiger partial charge is 0.349 e. The highest BCUT2D eigenvalue weighted by atomic mass is 16.1. The molecule has 1 aromatic carbocycles. The minimum Gasteiger partial charge on any atom is -0.349 e. The molecule has 0 N–H and O–H groups in total. The van der Waals surface area contributed by atoms with Crippen LogP contribution in [0, 0.1) is 11.3 Å². The number of nitriles is 1. The zero-order valence-corrected chi connectivity index (χ0v) is 19.8. The van der Waals surface area contributed by atoms with Gasteiger partial charge in [0.25, 0.3) is 0 Å². The first-order valence-electron chi connectivity index (χ1n) is 11.4. The summed E-state index contributed by atoms with van der Waals surface area (Å²) in [6.45, 7) is 8.19. The van der Waals surface area contributed by atoms with Gasteiger partial charge in [-0.1, -0.05) is 6.07 Å². The highest BCUT2D eigenvalue weighted by Crippen LogP contribution is 2.32. The number of aryl methyl sites for hydroxylation is 1. The zero-order chi connectivity index (χ0) is 24.0. The highest BCUT2D eigenvalue weighted by molar-refractivity contribution is 5.85. The average Bonchev–Trinajstić information content (AvgIpc) is 3.26. The van der Waals surface area contributed by atoms with Gasteiger partial charge in [-0.3, -0.25) is 24.1 Å². The maximum atomic E-state index is 12.6. The van der Waals surface area contributed by atoms with Crippen molar-refractivity contribution in [3.63, 3.8) is 0 Å². The lowest BCUT2D eigenvalue weighted by molar-refractivity contribution is 0.119. The molecule has 4 aromatic rings. The number of benzene rings is 1. The number of hydrogen-bond acceptors (Lipinski definition) is 8. The van der Waals surface area contributed by atoms with Crippen LogP contribution >= 0.6 is 0 Å². The molecule has 34 heavy (non-hydrogen) atoms. The molecule has 10 nitrogen and oxygen atoms in total. The molecule has 174 valence electrons. The quantitative estimate of drug-likeness (QED) is 0.459. The van der Waals surface area contributed by atoms with Crippen molar-refractivity contribution in [1.82, 2.24) is 34.2 Å². The third-order valence-electron chi connectivity index (χ3n) is 6.82. The summed E-state index contributed by atoms with van der Waals surface area (Å²) in [6, 6.07) is 8.89. The van der Waals surface area contributed by atoms with Crippen LogP contribution in [0.15, 0.2) is 41.6 Å². The molecular weight excluding hydrogens is 430 g/mol. The van der Waals surface area contributed by atoms with Gasteiger partial charge in [0.2, 0.25) is 0 Å². The molecule has 0 saturated carbocycles. The van der Waals surface area contributed by atoms with Crippen LogP contribution in [0.3, 0.4) is 0 Å². The summed E-state index contributed by atoms with van der Waals surface area (Å²) in [7, 11) is 1.68. The fourth-order valence-corrected chi connectivity index (χ4v) is 4.91. The summed E-state index contributed by atoms with van der Waals surface area (Å²) in [5.41, 5.74) is 3.98. The van der Waals surface area contributed by atoms with Crippen molar-refractivity contribution in [1.29, 1.82) is 5.26 Å². The average molecular weight is 458 g/mol. The molecule has 3 atom stereocenters. The van der Waals surface area contributed by atoms with Crippen LogP contribution in [0.1, 0.15) is 32.4 Å². The van der Waals surface area contributed by atoms with Crippen molar-refractivity contribution in [2.24, 2.45) is 7.05 Å². The summed E-state index contributed by atoms with van der Waals surface area (Å²) in [5, 5.41) is 13.7. The molecule has 10 heteroatoms. The van der Waals surface area contributed by atoms with Crippen molar-refractivity contribution < 1.29 is 0 Å². The van der Waals surface area contributed by atoms with Crippen LogP contribution < -0.4 is 10.6 Å². The van der Waals surface area contributed by atoms with E-state index in [1.54, 1.807) is 30.3 Å². The van der Waals surface area contributed by atoms with E-state index in [2.05, 4.69) is 68.8 Å². The van der Waals surface area contributed by atoms with Gasteiger partial charge in [-0.05, 0) is 38.5 Å². The van der Waals surface area contributed by atoms with Crippen LogP contribution in [-0.4, -0.2) is 59.4 Å². The first kappa shape index (κ1) is 22.0. The number of fused-ring (bicyclic) bond motifs is 2. The molecule has 3 aromatic heterocycles. The molecule has 1 fully saturated rings. The van der Waals surface area contributed by atoms with Gasteiger partial charge >= 0.3 is 5.69 Å². The van der Waals surface area contributed by atoms with E-state index in [4.69, 9.17) is 5.26 Å². The van der Waals surface area contributed by atoms with Crippen LogP contribution in [0.5, 0.6) is 0 Å². The number of hydrogen-bond donors (Lipinski definition) is 0. The van der Waals surface area contributed by atoms with E-state index < -0.39 is 0 Å². The zero-order valence-electron chi connectivity index (χ0n) is 19.8. The fraction of sp³-hybridized carbons (Fsp3) is 0.417. The van der Waals surface area contributed by atoms with E-state index in [-0.39, 0.29) is 30.4 Å². The number of anilines is 1. The van der Waals surface area contributed by atoms with Gasteiger partial charge in [0.05, 0.1) is 28.8 Å². The van der Waals surface area contributed by atoms with Crippen LogP contribution in [-0.2, 0) is 13.6 Å². The summed E-state index contributed by atoms with van der Waals surface area (Å²) in [5.74, 6) is 0.586. The van der Waals surface area contributed by atoms with E-state index in [9.17, 15) is 4.79 Å². The Hall–Kier alpha value is -3.84. The van der Waals surface area contributed by atoms with E-state index in [0.29, 0.717) is 23.4 Å². The summed E-state index contributed by atoms with van der Waals surface area (Å²) in [6.07, 6.45) is 5.16. The highest BCUT2D eigenvalue weighted by Gasteiger charge is 2.34. The van der Waals surface area contributed by atoms with Crippen LogP contribution in [0.4, 0.5) is 5.82 Å². The first-order chi connectivity index (χ1) is 16.4. The Labute approximate surface area is 197 Å². The van der Waals surface area contributed by atoms with E-state index in [1.807, 2.05) is 6.07 Å². The molecule has 5 rings (SSSR count). The normalized spacial score (nSPS) is 20.0. The predicted octanol–water partition coefficient (Wildman–Crippen LogP) is 2.26. The third-order valence-corrected chi connectivity index (χ3v) is 6.82. The molecule has 0 spiro atoms. The first-order valence-corrected chi connectivity index (χ1v) is 11.4. The minimum absolute atomic E-state index is 0.114. The lowest BCUT2D eigenvalue weighted by Gasteiger charge is -2.47. The Morgan fingerprint density at radius 3 is 2.68 bits per heavy atom. The molecule has 0 amide bonds. The molecule has 0 unspecified atom stereocenters. The standard InChI is InChI=1S/C24H27N9O/c1-15-13-33(23-22-21(30(4)24(34)28-23)14-31(29-22)10-7-25)16(2)12-32(15)17(3)18-5-6-19-20(11-18)27-9-8-26-19/h5-6,8-9,11,14-17H,10,12-13H2,1-4H3/t15-,16+,17+/m1/s1. The monoisotopic (exact) mass is 457 g/mol. The Kier molecular flexibility index (Phi) is 5.49. The fourth-order valence-electron chi connectivity index (χ4n) is 4.91. The van der Waals surface area contributed by atoms with Gasteiger partial charge in [-0.2, -0.15) is 15.3 Å². The van der Waals surface area contributed by atoms with Gasteiger partial charge in [-0.15, -0.1) is 0 Å². The van der Waals surface area contributed by atoms with Crippen molar-refractivity contribution in [2.75, 3.05) is 18.0 Å². The molecular formula is C24H27N9O. The number of rotatable bonds is 4. The topological polar surface area (TPSA) is 109 Å². The number of aromatic nitrogens is 6.